The topological polar surface area (TPSA) is 66.5 Å². The fourth-order valence-electron chi connectivity index (χ4n) is 3.21. The summed E-state index contributed by atoms with van der Waals surface area (Å²) in [6.45, 7) is 7.82. The van der Waals surface area contributed by atoms with Crippen LogP contribution in [0.4, 0.5) is 10.6 Å². The Morgan fingerprint density at radius 3 is 2.63 bits per heavy atom. The second-order valence-electron chi connectivity index (χ2n) is 7.08. The Morgan fingerprint density at radius 2 is 1.93 bits per heavy atom. The van der Waals surface area contributed by atoms with Crippen molar-refractivity contribution >= 4 is 11.8 Å². The van der Waals surface area contributed by atoms with Crippen LogP contribution < -0.4 is 15.5 Å². The average molecular weight is 368 g/mol. The third kappa shape index (κ3) is 5.44. The number of pyridine rings is 1. The number of nitrogens with zero attached hydrogens (tertiary/aromatic N) is 2. The van der Waals surface area contributed by atoms with Gasteiger partial charge in [0.15, 0.2) is 0 Å². The molecule has 1 aromatic heterocycles. The fraction of sp³-hybridized carbons (Fsp3) is 0.429. The summed E-state index contributed by atoms with van der Waals surface area (Å²) in [7, 11) is 0. The summed E-state index contributed by atoms with van der Waals surface area (Å²) in [6, 6.07) is 13.8. The van der Waals surface area contributed by atoms with Crippen molar-refractivity contribution in [3.05, 3.63) is 59.8 Å². The number of hydrogen-bond donors (Lipinski definition) is 2. The van der Waals surface area contributed by atoms with Gasteiger partial charge < -0.3 is 20.3 Å². The van der Waals surface area contributed by atoms with Gasteiger partial charge in [0.05, 0.1) is 19.3 Å². The molecule has 1 fully saturated rings. The van der Waals surface area contributed by atoms with Gasteiger partial charge in [-0.3, -0.25) is 0 Å². The van der Waals surface area contributed by atoms with E-state index in [1.165, 1.54) is 0 Å². The van der Waals surface area contributed by atoms with Gasteiger partial charge in [0.2, 0.25) is 0 Å². The van der Waals surface area contributed by atoms with Crippen molar-refractivity contribution in [2.75, 3.05) is 31.2 Å². The third-order valence-electron chi connectivity index (χ3n) is 4.71. The Bertz CT molecular complexity index is 730. The number of amides is 2. The Balaban J connectivity index is 1.57. The van der Waals surface area contributed by atoms with E-state index in [0.29, 0.717) is 12.5 Å². The Hall–Kier alpha value is -2.60. The van der Waals surface area contributed by atoms with Crippen LogP contribution in [0.2, 0.25) is 0 Å². The highest BCUT2D eigenvalue weighted by atomic mass is 16.5. The van der Waals surface area contributed by atoms with Crippen LogP contribution >= 0.6 is 0 Å². The molecule has 0 aliphatic carbocycles. The number of ether oxygens (including phenoxy) is 1. The molecule has 27 heavy (non-hydrogen) atoms. The zero-order chi connectivity index (χ0) is 19.1. The lowest BCUT2D eigenvalue weighted by molar-refractivity contribution is 0.122. The van der Waals surface area contributed by atoms with Gasteiger partial charge in [0.25, 0.3) is 0 Å². The van der Waals surface area contributed by atoms with E-state index in [-0.39, 0.29) is 12.1 Å². The normalized spacial score (nSPS) is 15.4. The molecule has 6 heteroatoms. The van der Waals surface area contributed by atoms with Crippen molar-refractivity contribution < 1.29 is 9.53 Å². The van der Waals surface area contributed by atoms with Gasteiger partial charge in [-0.2, -0.15) is 0 Å². The molecule has 1 aliphatic heterocycles. The van der Waals surface area contributed by atoms with Crippen molar-refractivity contribution in [3.63, 3.8) is 0 Å². The molecule has 2 N–H and O–H groups in total. The van der Waals surface area contributed by atoms with E-state index in [2.05, 4.69) is 34.4 Å². The number of carbonyl (C=O) groups is 1. The summed E-state index contributed by atoms with van der Waals surface area (Å²) in [6.07, 6.45) is 1.79. The van der Waals surface area contributed by atoms with Crippen molar-refractivity contribution in [1.29, 1.82) is 0 Å². The average Bonchev–Trinajstić information content (AvgIpc) is 2.72. The first kappa shape index (κ1) is 19.2. The molecule has 0 saturated carbocycles. The predicted octanol–water partition coefficient (Wildman–Crippen LogP) is 3.11. The van der Waals surface area contributed by atoms with Gasteiger partial charge in [0, 0.05) is 25.8 Å². The standard InChI is InChI=1S/C21H28N4O2/c1-16(2)20(18-6-4-3-5-7-18)24-21(26)23-15-17-8-9-22-19(14-17)25-10-12-27-13-11-25/h3-9,14,16,20H,10-13,15H2,1-2H3,(H2,23,24,26). The number of aromatic nitrogens is 1. The Kier molecular flexibility index (Phi) is 6.65. The van der Waals surface area contributed by atoms with Crippen LogP contribution in [0.15, 0.2) is 48.7 Å². The molecule has 3 rings (SSSR count). The lowest BCUT2D eigenvalue weighted by Gasteiger charge is -2.28. The molecule has 6 nitrogen and oxygen atoms in total. The summed E-state index contributed by atoms with van der Waals surface area (Å²) in [5, 5.41) is 6.05. The molecule has 1 saturated heterocycles. The predicted molar refractivity (Wildman–Crippen MR) is 107 cm³/mol. The summed E-state index contributed by atoms with van der Waals surface area (Å²) >= 11 is 0. The maximum absolute atomic E-state index is 12.4. The number of anilines is 1. The van der Waals surface area contributed by atoms with E-state index in [4.69, 9.17) is 4.74 Å². The number of nitrogens with one attached hydrogen (secondary N) is 2. The molecule has 0 radical (unpaired) electrons. The SMILES string of the molecule is CC(C)C(NC(=O)NCc1ccnc(N2CCOCC2)c1)c1ccccc1. The minimum absolute atomic E-state index is 0.0208. The second-order valence-corrected chi connectivity index (χ2v) is 7.08. The summed E-state index contributed by atoms with van der Waals surface area (Å²) in [5.41, 5.74) is 2.14. The van der Waals surface area contributed by atoms with Crippen molar-refractivity contribution in [2.45, 2.75) is 26.4 Å². The van der Waals surface area contributed by atoms with Crippen LogP contribution in [0.25, 0.3) is 0 Å². The molecule has 1 unspecified atom stereocenters. The molecule has 2 amide bonds. The van der Waals surface area contributed by atoms with Crippen molar-refractivity contribution in [2.24, 2.45) is 5.92 Å². The summed E-state index contributed by atoms with van der Waals surface area (Å²) in [5.74, 6) is 1.23. The lowest BCUT2D eigenvalue weighted by atomic mass is 9.96. The van der Waals surface area contributed by atoms with Gasteiger partial charge in [-0.25, -0.2) is 9.78 Å². The van der Waals surface area contributed by atoms with E-state index in [1.807, 2.05) is 42.5 Å². The maximum atomic E-state index is 12.4. The van der Waals surface area contributed by atoms with E-state index in [1.54, 1.807) is 6.20 Å². The first-order valence-corrected chi connectivity index (χ1v) is 9.50. The van der Waals surface area contributed by atoms with Gasteiger partial charge in [-0.05, 0) is 29.2 Å². The molecule has 2 aromatic rings. The zero-order valence-electron chi connectivity index (χ0n) is 16.0. The summed E-state index contributed by atoms with van der Waals surface area (Å²) < 4.78 is 5.39. The largest absolute Gasteiger partial charge is 0.378 e. The van der Waals surface area contributed by atoms with E-state index < -0.39 is 0 Å². The van der Waals surface area contributed by atoms with Crippen LogP contribution in [0.3, 0.4) is 0 Å². The minimum atomic E-state index is -0.165. The molecular weight excluding hydrogens is 340 g/mol. The molecule has 1 atom stereocenters. The fourth-order valence-corrected chi connectivity index (χ4v) is 3.21. The monoisotopic (exact) mass is 368 g/mol. The van der Waals surface area contributed by atoms with Crippen LogP contribution in [0, 0.1) is 5.92 Å². The van der Waals surface area contributed by atoms with Gasteiger partial charge >= 0.3 is 6.03 Å². The van der Waals surface area contributed by atoms with E-state index in [0.717, 1.165) is 43.2 Å². The molecule has 0 spiro atoms. The van der Waals surface area contributed by atoms with Crippen LogP contribution in [0.5, 0.6) is 0 Å². The third-order valence-corrected chi connectivity index (χ3v) is 4.71. The highest BCUT2D eigenvalue weighted by Crippen LogP contribution is 2.21. The smallest absolute Gasteiger partial charge is 0.315 e. The first-order valence-electron chi connectivity index (χ1n) is 9.50. The Morgan fingerprint density at radius 1 is 1.19 bits per heavy atom. The Labute approximate surface area is 160 Å². The number of hydrogen-bond acceptors (Lipinski definition) is 4. The zero-order valence-corrected chi connectivity index (χ0v) is 16.0. The molecule has 2 heterocycles. The van der Waals surface area contributed by atoms with Gasteiger partial charge in [-0.1, -0.05) is 44.2 Å². The number of morpholine rings is 1. The van der Waals surface area contributed by atoms with Crippen LogP contribution in [-0.2, 0) is 11.3 Å². The molecule has 0 bridgehead atoms. The molecular formula is C21H28N4O2. The minimum Gasteiger partial charge on any atom is -0.378 e. The second kappa shape index (κ2) is 9.37. The highest BCUT2D eigenvalue weighted by molar-refractivity contribution is 5.74. The number of rotatable bonds is 6. The number of carbonyl (C=O) groups excluding carboxylic acids is 1. The van der Waals surface area contributed by atoms with Gasteiger partial charge in [0.1, 0.15) is 5.82 Å². The highest BCUT2D eigenvalue weighted by Gasteiger charge is 2.18. The molecule has 144 valence electrons. The van der Waals surface area contributed by atoms with Crippen molar-refractivity contribution in [1.82, 2.24) is 15.6 Å². The van der Waals surface area contributed by atoms with Crippen LogP contribution in [0.1, 0.15) is 31.0 Å². The van der Waals surface area contributed by atoms with Crippen LogP contribution in [-0.4, -0.2) is 37.3 Å². The maximum Gasteiger partial charge on any atom is 0.315 e. The van der Waals surface area contributed by atoms with E-state index in [9.17, 15) is 4.79 Å². The summed E-state index contributed by atoms with van der Waals surface area (Å²) in [4.78, 5) is 19.1. The number of benzene rings is 1. The van der Waals surface area contributed by atoms with E-state index >= 15 is 0 Å². The molecule has 1 aliphatic rings. The lowest BCUT2D eigenvalue weighted by Crippen LogP contribution is -2.39. The molecule has 1 aromatic carbocycles. The quantitative estimate of drug-likeness (QED) is 0.822. The van der Waals surface area contributed by atoms with Crippen molar-refractivity contribution in [3.8, 4) is 0 Å². The van der Waals surface area contributed by atoms with Gasteiger partial charge in [-0.15, -0.1) is 0 Å². The number of urea groups is 1. The first-order chi connectivity index (χ1) is 13.1.